The molecule has 3 aromatic rings. The fourth-order valence-electron chi connectivity index (χ4n) is 2.12. The van der Waals surface area contributed by atoms with Crippen LogP contribution in [-0.2, 0) is 6.54 Å². The molecule has 1 heterocycles. The molecule has 0 aliphatic carbocycles. The van der Waals surface area contributed by atoms with Crippen molar-refractivity contribution in [1.29, 1.82) is 0 Å². The maximum absolute atomic E-state index is 4.77. The molecular weight excluding hydrogens is 346 g/mol. The van der Waals surface area contributed by atoms with Crippen molar-refractivity contribution in [3.8, 4) is 0 Å². The first kappa shape index (κ1) is 17.7. The summed E-state index contributed by atoms with van der Waals surface area (Å²) in [7, 11) is 7.48. The van der Waals surface area contributed by atoms with Crippen molar-refractivity contribution >= 4 is 31.5 Å². The van der Waals surface area contributed by atoms with Crippen molar-refractivity contribution in [3.63, 3.8) is 0 Å². The minimum Gasteiger partial charge on any atom is -1.00 e. The van der Waals surface area contributed by atoms with E-state index in [2.05, 4.69) is 58.0 Å². The van der Waals surface area contributed by atoms with Crippen molar-refractivity contribution in [2.75, 3.05) is 19.0 Å². The van der Waals surface area contributed by atoms with Gasteiger partial charge in [0, 0.05) is 21.0 Å². The molecule has 2 aromatic carbocycles. The molecule has 0 fully saturated rings. The lowest BCUT2D eigenvalue weighted by molar-refractivity contribution is -0.00000437. The molecule has 0 N–H and O–H groups in total. The lowest BCUT2D eigenvalue weighted by Gasteiger charge is -2.19. The van der Waals surface area contributed by atoms with Crippen molar-refractivity contribution in [3.05, 3.63) is 71.0 Å². The maximum atomic E-state index is 4.77. The molecule has 6 heteroatoms. The quantitative estimate of drug-likeness (QED) is 0.499. The minimum absolute atomic E-state index is 0. The number of anilines is 2. The third-order valence-electron chi connectivity index (χ3n) is 3.25. The van der Waals surface area contributed by atoms with E-state index in [0.29, 0.717) is 0 Å². The highest BCUT2D eigenvalue weighted by molar-refractivity contribution is 7.69. The number of benzene rings is 2. The van der Waals surface area contributed by atoms with E-state index < -0.39 is 0 Å². The van der Waals surface area contributed by atoms with Crippen molar-refractivity contribution in [2.24, 2.45) is 0 Å². The largest absolute Gasteiger partial charge is 1.00 e. The van der Waals surface area contributed by atoms with Gasteiger partial charge in [-0.3, -0.25) is 9.48 Å². The topological polar surface area (TPSA) is 19.1 Å². The molecule has 3 rings (SSSR count). The Balaban J connectivity index is 0.00000192. The van der Waals surface area contributed by atoms with Gasteiger partial charge >= 0.3 is 9.93 Å². The Morgan fingerprint density at radius 2 is 1.52 bits per heavy atom. The van der Waals surface area contributed by atoms with E-state index in [-0.39, 0.29) is 12.4 Å². The summed E-state index contributed by atoms with van der Waals surface area (Å²) in [5.41, 5.74) is 2.44. The molecule has 0 saturated heterocycles. The van der Waals surface area contributed by atoms with Crippen molar-refractivity contribution < 1.29 is 12.4 Å². The molecule has 0 bridgehead atoms. The van der Waals surface area contributed by atoms with Gasteiger partial charge in [0.2, 0.25) is 0 Å². The SMILES string of the molecule is C[N+](C)=c1nc(N(Cc2ccccc2)c2ccccc2)ss1.[Cl-]. The Morgan fingerprint density at radius 1 is 0.913 bits per heavy atom. The third kappa shape index (κ3) is 4.41. The van der Waals surface area contributed by atoms with Gasteiger partial charge in [0.1, 0.15) is 0 Å². The number of halogens is 1. The van der Waals surface area contributed by atoms with Gasteiger partial charge < -0.3 is 12.4 Å². The molecule has 23 heavy (non-hydrogen) atoms. The standard InChI is InChI=1S/C17H18N3S2.ClH/c1-19(2)16-18-17(22-21-16)20(15-11-7-4-8-12-15)13-14-9-5-3-6-10-14;/h3-12H,13H2,1-2H3;1H/q+1;/p-1. The molecule has 0 unspecified atom stereocenters. The van der Waals surface area contributed by atoms with E-state index in [1.165, 1.54) is 11.3 Å². The van der Waals surface area contributed by atoms with E-state index in [1.54, 1.807) is 20.7 Å². The Kier molecular flexibility index (Phi) is 6.33. The maximum Gasteiger partial charge on any atom is 0.390 e. The van der Waals surface area contributed by atoms with Crippen LogP contribution in [0.3, 0.4) is 0 Å². The zero-order valence-corrected chi connectivity index (χ0v) is 15.4. The molecule has 0 atom stereocenters. The zero-order chi connectivity index (χ0) is 15.4. The molecule has 3 nitrogen and oxygen atoms in total. The Morgan fingerprint density at radius 3 is 2.09 bits per heavy atom. The second kappa shape index (κ2) is 8.24. The lowest BCUT2D eigenvalue weighted by atomic mass is 10.2. The summed E-state index contributed by atoms with van der Waals surface area (Å²) in [6.45, 7) is 0.817. The van der Waals surface area contributed by atoms with Crippen molar-refractivity contribution in [1.82, 2.24) is 9.56 Å². The second-order valence-corrected chi connectivity index (χ2v) is 7.21. The second-order valence-electron chi connectivity index (χ2n) is 5.15. The highest BCUT2D eigenvalue weighted by atomic mass is 35.5. The van der Waals surface area contributed by atoms with Gasteiger partial charge in [-0.1, -0.05) is 48.5 Å². The molecule has 0 amide bonds. The van der Waals surface area contributed by atoms with Gasteiger partial charge in [0.25, 0.3) is 0 Å². The first-order valence-electron chi connectivity index (χ1n) is 7.08. The third-order valence-corrected chi connectivity index (χ3v) is 5.54. The summed E-state index contributed by atoms with van der Waals surface area (Å²) in [6, 6.07) is 20.9. The monoisotopic (exact) mass is 363 g/mol. The van der Waals surface area contributed by atoms with Crippen LogP contribution in [0.25, 0.3) is 0 Å². The highest BCUT2D eigenvalue weighted by Crippen LogP contribution is 2.29. The van der Waals surface area contributed by atoms with Crippen LogP contribution in [0.4, 0.5) is 10.8 Å². The van der Waals surface area contributed by atoms with Gasteiger partial charge in [-0.25, -0.2) is 0 Å². The molecule has 1 aromatic heterocycles. The van der Waals surface area contributed by atoms with Crippen LogP contribution < -0.4 is 26.7 Å². The average Bonchev–Trinajstić information content (AvgIpc) is 3.04. The number of nitrogens with zero attached hydrogens (tertiary/aromatic N) is 3. The Hall–Kier alpha value is -1.69. The number of aromatic nitrogens is 1. The summed E-state index contributed by atoms with van der Waals surface area (Å²) in [5.74, 6) is 0. The summed E-state index contributed by atoms with van der Waals surface area (Å²) in [5, 5.41) is 1.03. The molecule has 0 spiro atoms. The summed E-state index contributed by atoms with van der Waals surface area (Å²) in [6.07, 6.45) is 0. The number of para-hydroxylation sites is 1. The smallest absolute Gasteiger partial charge is 0.390 e. The molecule has 0 aliphatic rings. The van der Waals surface area contributed by atoms with E-state index in [0.717, 1.165) is 16.5 Å². The normalized spacial score (nSPS) is 10.0. The van der Waals surface area contributed by atoms with E-state index in [9.17, 15) is 0 Å². The summed E-state index contributed by atoms with van der Waals surface area (Å²) >= 11 is 0. The van der Waals surface area contributed by atoms with Crippen LogP contribution >= 0.6 is 20.7 Å². The van der Waals surface area contributed by atoms with Crippen LogP contribution in [0, 0.1) is 0 Å². The van der Waals surface area contributed by atoms with Crippen LogP contribution in [0.2, 0.25) is 0 Å². The predicted octanol–water partition coefficient (Wildman–Crippen LogP) is 0.579. The molecule has 0 radical (unpaired) electrons. The zero-order valence-electron chi connectivity index (χ0n) is 13.0. The fraction of sp³-hybridized carbons (Fsp3) is 0.176. The van der Waals surface area contributed by atoms with Gasteiger partial charge in [0.05, 0.1) is 20.6 Å². The first-order valence-corrected chi connectivity index (χ1v) is 9.23. The number of rotatable bonds is 4. The van der Waals surface area contributed by atoms with E-state index in [4.69, 9.17) is 4.98 Å². The van der Waals surface area contributed by atoms with Crippen LogP contribution in [0.15, 0.2) is 60.7 Å². The molecule has 0 saturated carbocycles. The Bertz CT molecular complexity index is 793. The number of hydrogen-bond donors (Lipinski definition) is 0. The Labute approximate surface area is 150 Å². The minimum atomic E-state index is 0. The van der Waals surface area contributed by atoms with Crippen LogP contribution in [-0.4, -0.2) is 19.1 Å². The van der Waals surface area contributed by atoms with Gasteiger partial charge in [-0.05, 0) is 28.0 Å². The van der Waals surface area contributed by atoms with Crippen molar-refractivity contribution in [2.45, 2.75) is 6.54 Å². The average molecular weight is 364 g/mol. The lowest BCUT2D eigenvalue weighted by Crippen LogP contribution is -3.00. The first-order chi connectivity index (χ1) is 10.7. The van der Waals surface area contributed by atoms with Crippen LogP contribution in [0.5, 0.6) is 0 Å². The van der Waals surface area contributed by atoms with Gasteiger partial charge in [-0.2, -0.15) is 0 Å². The van der Waals surface area contributed by atoms with E-state index >= 15 is 0 Å². The summed E-state index contributed by atoms with van der Waals surface area (Å²) < 4.78 is 2.05. The highest BCUT2D eigenvalue weighted by Gasteiger charge is 2.19. The van der Waals surface area contributed by atoms with Crippen LogP contribution in [0.1, 0.15) is 5.56 Å². The summed E-state index contributed by atoms with van der Waals surface area (Å²) in [4.78, 5) is 8.07. The predicted molar refractivity (Wildman–Crippen MR) is 95.8 cm³/mol. The number of hydrogen-bond acceptors (Lipinski definition) is 4. The van der Waals surface area contributed by atoms with Gasteiger partial charge in [0.15, 0.2) is 0 Å². The van der Waals surface area contributed by atoms with E-state index in [1.807, 2.05) is 26.2 Å². The molecule has 0 aliphatic heterocycles. The van der Waals surface area contributed by atoms with Gasteiger partial charge in [-0.15, -0.1) is 0 Å². The fourth-order valence-corrected chi connectivity index (χ4v) is 4.37. The molecule has 120 valence electrons. The molecular formula is C17H18ClN3S2.